The molecular formula is C12H8F3NO2. The first-order valence-corrected chi connectivity index (χ1v) is 4.94. The molecule has 18 heavy (non-hydrogen) atoms. The number of amides is 1. The second-order valence-electron chi connectivity index (χ2n) is 3.64. The number of carbonyl (C=O) groups is 1. The summed E-state index contributed by atoms with van der Waals surface area (Å²) in [6.07, 6.45) is -3.22. The molecule has 94 valence electrons. The minimum atomic E-state index is -4.55. The van der Waals surface area contributed by atoms with E-state index in [4.69, 9.17) is 10.2 Å². The van der Waals surface area contributed by atoms with Crippen LogP contribution in [0, 0.1) is 0 Å². The molecule has 0 atom stereocenters. The zero-order valence-electron chi connectivity index (χ0n) is 8.99. The number of primary amides is 1. The Labute approximate surface area is 100 Å². The lowest BCUT2D eigenvalue weighted by molar-refractivity contribution is -0.137. The fraction of sp³-hybridized carbons (Fsp3) is 0.0833. The highest BCUT2D eigenvalue weighted by Gasteiger charge is 2.31. The molecule has 3 nitrogen and oxygen atoms in total. The van der Waals surface area contributed by atoms with E-state index in [0.717, 1.165) is 12.1 Å². The second-order valence-corrected chi connectivity index (χ2v) is 3.64. The lowest BCUT2D eigenvalue weighted by atomic mass is 10.0. The molecule has 0 unspecified atom stereocenters. The summed E-state index contributed by atoms with van der Waals surface area (Å²) >= 11 is 0. The zero-order valence-corrected chi connectivity index (χ0v) is 8.99. The van der Waals surface area contributed by atoms with Crippen molar-refractivity contribution in [2.75, 3.05) is 0 Å². The Morgan fingerprint density at radius 3 is 2.44 bits per heavy atom. The third kappa shape index (κ3) is 2.37. The van der Waals surface area contributed by atoms with Gasteiger partial charge in [-0.15, -0.1) is 0 Å². The van der Waals surface area contributed by atoms with Crippen LogP contribution in [0.2, 0.25) is 0 Å². The topological polar surface area (TPSA) is 56.2 Å². The normalized spacial score (nSPS) is 11.5. The van der Waals surface area contributed by atoms with Gasteiger partial charge in [0.1, 0.15) is 5.76 Å². The number of carbonyl (C=O) groups excluding carboxylic acids is 1. The van der Waals surface area contributed by atoms with Crippen LogP contribution in [0.25, 0.3) is 11.3 Å². The number of hydrogen-bond donors (Lipinski definition) is 1. The van der Waals surface area contributed by atoms with E-state index in [1.165, 1.54) is 18.4 Å². The lowest BCUT2D eigenvalue weighted by Gasteiger charge is -2.09. The number of rotatable bonds is 2. The molecule has 6 heteroatoms. The van der Waals surface area contributed by atoms with Gasteiger partial charge in [-0.3, -0.25) is 4.79 Å². The van der Waals surface area contributed by atoms with Gasteiger partial charge in [-0.05, 0) is 30.3 Å². The molecule has 1 aromatic heterocycles. The molecule has 2 aromatic rings. The van der Waals surface area contributed by atoms with Crippen molar-refractivity contribution in [1.29, 1.82) is 0 Å². The minimum absolute atomic E-state index is 0.156. The van der Waals surface area contributed by atoms with Gasteiger partial charge in [-0.2, -0.15) is 13.2 Å². The van der Waals surface area contributed by atoms with E-state index in [1.807, 2.05) is 0 Å². The first-order valence-electron chi connectivity index (χ1n) is 4.94. The number of halogens is 3. The summed E-state index contributed by atoms with van der Waals surface area (Å²) < 4.78 is 43.0. The van der Waals surface area contributed by atoms with Crippen LogP contribution in [0.4, 0.5) is 13.2 Å². The molecule has 0 aliphatic rings. The Bertz CT molecular complexity index is 574. The molecule has 2 N–H and O–H groups in total. The van der Waals surface area contributed by atoms with Crippen LogP contribution in [0.1, 0.15) is 15.9 Å². The highest BCUT2D eigenvalue weighted by atomic mass is 19.4. The van der Waals surface area contributed by atoms with Gasteiger partial charge in [0.15, 0.2) is 0 Å². The van der Waals surface area contributed by atoms with Crippen LogP contribution in [0.15, 0.2) is 41.0 Å². The third-order valence-electron chi connectivity index (χ3n) is 2.35. The monoisotopic (exact) mass is 255 g/mol. The summed E-state index contributed by atoms with van der Waals surface area (Å²) in [5.74, 6) is -0.683. The zero-order chi connectivity index (χ0) is 13.3. The molecule has 0 radical (unpaired) electrons. The second kappa shape index (κ2) is 4.21. The number of nitrogens with two attached hydrogens (primary N) is 1. The Hall–Kier alpha value is -2.24. The smallest absolute Gasteiger partial charge is 0.416 e. The maximum absolute atomic E-state index is 12.7. The predicted octanol–water partition coefficient (Wildman–Crippen LogP) is 3.06. The number of hydrogen-bond acceptors (Lipinski definition) is 2. The summed E-state index contributed by atoms with van der Waals surface area (Å²) in [7, 11) is 0. The van der Waals surface area contributed by atoms with Crippen LogP contribution in [0.3, 0.4) is 0 Å². The first kappa shape index (κ1) is 12.2. The van der Waals surface area contributed by atoms with Crippen molar-refractivity contribution in [3.8, 4) is 11.3 Å². The number of furan rings is 1. The van der Waals surface area contributed by atoms with Crippen LogP contribution < -0.4 is 5.73 Å². The van der Waals surface area contributed by atoms with Gasteiger partial charge in [-0.25, -0.2) is 0 Å². The van der Waals surface area contributed by atoms with Gasteiger partial charge in [0.05, 0.1) is 11.8 Å². The van der Waals surface area contributed by atoms with Gasteiger partial charge in [0.25, 0.3) is 0 Å². The Morgan fingerprint density at radius 2 is 1.94 bits per heavy atom. The highest BCUT2D eigenvalue weighted by molar-refractivity contribution is 5.94. The molecule has 0 fully saturated rings. The standard InChI is InChI=1S/C12H8F3NO2/c13-12(14,15)9-5-7(10-2-1-3-18-10)4-8(6-9)11(16)17/h1-6H,(H2,16,17). The van der Waals surface area contributed by atoms with E-state index in [1.54, 1.807) is 6.07 Å². The first-order chi connectivity index (χ1) is 8.38. The Kier molecular flexibility index (Phi) is 2.86. The van der Waals surface area contributed by atoms with Crippen LogP contribution in [-0.4, -0.2) is 5.91 Å². The van der Waals surface area contributed by atoms with Crippen molar-refractivity contribution in [3.63, 3.8) is 0 Å². The van der Waals surface area contributed by atoms with E-state index in [9.17, 15) is 18.0 Å². The summed E-state index contributed by atoms with van der Waals surface area (Å²) in [4.78, 5) is 11.0. The van der Waals surface area contributed by atoms with E-state index >= 15 is 0 Å². The van der Waals surface area contributed by atoms with E-state index < -0.39 is 17.6 Å². The van der Waals surface area contributed by atoms with Gasteiger partial charge < -0.3 is 10.2 Å². The molecular weight excluding hydrogens is 247 g/mol. The lowest BCUT2D eigenvalue weighted by Crippen LogP contribution is -2.13. The van der Waals surface area contributed by atoms with Gasteiger partial charge in [0.2, 0.25) is 5.91 Å². The third-order valence-corrected chi connectivity index (χ3v) is 2.35. The van der Waals surface area contributed by atoms with E-state index in [-0.39, 0.29) is 16.9 Å². The molecule has 1 heterocycles. The molecule has 1 amide bonds. The van der Waals surface area contributed by atoms with Crippen molar-refractivity contribution in [2.45, 2.75) is 6.18 Å². The molecule has 0 aliphatic carbocycles. The molecule has 2 rings (SSSR count). The summed E-state index contributed by atoms with van der Waals surface area (Å²) in [5, 5.41) is 0. The van der Waals surface area contributed by atoms with Crippen LogP contribution in [0.5, 0.6) is 0 Å². The Morgan fingerprint density at radius 1 is 1.22 bits per heavy atom. The molecule has 0 bridgehead atoms. The summed E-state index contributed by atoms with van der Waals surface area (Å²) in [6.45, 7) is 0. The molecule has 0 saturated heterocycles. The maximum atomic E-state index is 12.7. The number of alkyl halides is 3. The van der Waals surface area contributed by atoms with Gasteiger partial charge in [-0.1, -0.05) is 0 Å². The molecule has 1 aromatic carbocycles. The number of benzene rings is 1. The molecule has 0 saturated carbocycles. The average molecular weight is 255 g/mol. The SMILES string of the molecule is NC(=O)c1cc(-c2ccco2)cc(C(F)(F)F)c1. The Balaban J connectivity index is 2.61. The van der Waals surface area contributed by atoms with E-state index in [0.29, 0.717) is 0 Å². The molecule has 0 spiro atoms. The summed E-state index contributed by atoms with van der Waals surface area (Å²) in [6, 6.07) is 5.93. The molecule has 0 aliphatic heterocycles. The van der Waals surface area contributed by atoms with Gasteiger partial charge in [0, 0.05) is 11.1 Å². The fourth-order valence-electron chi connectivity index (χ4n) is 1.52. The van der Waals surface area contributed by atoms with Crippen molar-refractivity contribution >= 4 is 5.91 Å². The highest BCUT2D eigenvalue weighted by Crippen LogP contribution is 2.33. The van der Waals surface area contributed by atoms with Crippen molar-refractivity contribution in [3.05, 3.63) is 47.7 Å². The fourth-order valence-corrected chi connectivity index (χ4v) is 1.52. The van der Waals surface area contributed by atoms with Crippen molar-refractivity contribution in [2.24, 2.45) is 5.73 Å². The van der Waals surface area contributed by atoms with E-state index in [2.05, 4.69) is 0 Å². The average Bonchev–Trinajstić information content (AvgIpc) is 2.80. The largest absolute Gasteiger partial charge is 0.464 e. The maximum Gasteiger partial charge on any atom is 0.416 e. The van der Waals surface area contributed by atoms with Crippen molar-refractivity contribution < 1.29 is 22.4 Å². The quantitative estimate of drug-likeness (QED) is 0.896. The van der Waals surface area contributed by atoms with Gasteiger partial charge >= 0.3 is 6.18 Å². The predicted molar refractivity (Wildman–Crippen MR) is 57.7 cm³/mol. The van der Waals surface area contributed by atoms with Crippen molar-refractivity contribution in [1.82, 2.24) is 0 Å². The minimum Gasteiger partial charge on any atom is -0.464 e. The summed E-state index contributed by atoms with van der Waals surface area (Å²) in [5.41, 5.74) is 4.02. The van der Waals surface area contributed by atoms with Crippen LogP contribution in [-0.2, 0) is 6.18 Å². The van der Waals surface area contributed by atoms with Crippen LogP contribution >= 0.6 is 0 Å².